The summed E-state index contributed by atoms with van der Waals surface area (Å²) in [7, 11) is -1.19. The molecule has 0 spiro atoms. The number of anilines is 1. The number of piperazine rings is 1. The van der Waals surface area contributed by atoms with Crippen molar-refractivity contribution in [2.75, 3.05) is 44.9 Å². The highest BCUT2D eigenvalue weighted by molar-refractivity contribution is 7.90. The maximum atomic E-state index is 11.6. The Morgan fingerprint density at radius 3 is 2.56 bits per heavy atom. The van der Waals surface area contributed by atoms with Crippen LogP contribution in [0.5, 0.6) is 0 Å². The van der Waals surface area contributed by atoms with Crippen LogP contribution in [0.3, 0.4) is 0 Å². The molecule has 0 unspecified atom stereocenters. The summed E-state index contributed by atoms with van der Waals surface area (Å²) in [5, 5.41) is 2.00. The first-order valence-electron chi connectivity index (χ1n) is 5.82. The molecule has 6 nitrogen and oxygen atoms in total. The summed E-state index contributed by atoms with van der Waals surface area (Å²) in [6, 6.07) is 3.20. The number of nitrogens with one attached hydrogen (secondary N) is 1. The zero-order chi connectivity index (χ0) is 13.2. The minimum Gasteiger partial charge on any atom is -0.304 e. The Kier molecular flexibility index (Phi) is 3.84. The van der Waals surface area contributed by atoms with Crippen LogP contribution in [0.1, 0.15) is 0 Å². The molecule has 1 aromatic rings. The maximum absolute atomic E-state index is 11.6. The standard InChI is InChI=1S/C11H18N4O2S/c1-14-6-8-15(9-7-14)13-11-10(18(2,16)17)4-3-5-12-11/h3-5H,6-9H2,1-2H3,(H,12,13). The average Bonchev–Trinajstić information content (AvgIpc) is 2.31. The third kappa shape index (κ3) is 3.18. The Morgan fingerprint density at radius 1 is 1.28 bits per heavy atom. The summed E-state index contributed by atoms with van der Waals surface area (Å²) in [6.07, 6.45) is 2.78. The largest absolute Gasteiger partial charge is 0.304 e. The van der Waals surface area contributed by atoms with Crippen molar-refractivity contribution in [3.8, 4) is 0 Å². The molecule has 1 aliphatic rings. The monoisotopic (exact) mass is 270 g/mol. The van der Waals surface area contributed by atoms with Crippen LogP contribution in [0.25, 0.3) is 0 Å². The molecule has 0 radical (unpaired) electrons. The second kappa shape index (κ2) is 5.21. The van der Waals surface area contributed by atoms with Gasteiger partial charge in [0.15, 0.2) is 15.7 Å². The Labute approximate surface area is 107 Å². The van der Waals surface area contributed by atoms with Crippen molar-refractivity contribution in [1.29, 1.82) is 0 Å². The first kappa shape index (κ1) is 13.3. The van der Waals surface area contributed by atoms with E-state index in [-0.39, 0.29) is 4.90 Å². The number of sulfone groups is 1. The highest BCUT2D eigenvalue weighted by Gasteiger charge is 2.18. The molecule has 2 heterocycles. The van der Waals surface area contributed by atoms with E-state index in [9.17, 15) is 8.42 Å². The molecule has 2 rings (SSSR count). The van der Waals surface area contributed by atoms with E-state index in [1.165, 1.54) is 6.26 Å². The quantitative estimate of drug-likeness (QED) is 0.838. The van der Waals surface area contributed by atoms with E-state index in [1.807, 2.05) is 5.01 Å². The van der Waals surface area contributed by atoms with Gasteiger partial charge in [-0.1, -0.05) is 0 Å². The lowest BCUT2D eigenvalue weighted by Crippen LogP contribution is -2.47. The van der Waals surface area contributed by atoms with Crippen molar-refractivity contribution in [2.24, 2.45) is 0 Å². The van der Waals surface area contributed by atoms with Crippen LogP contribution in [-0.4, -0.2) is 62.8 Å². The minimum absolute atomic E-state index is 0.240. The molecule has 1 aliphatic heterocycles. The summed E-state index contributed by atoms with van der Waals surface area (Å²) >= 11 is 0. The van der Waals surface area contributed by atoms with Gasteiger partial charge in [-0.25, -0.2) is 18.4 Å². The highest BCUT2D eigenvalue weighted by atomic mass is 32.2. The predicted molar refractivity (Wildman–Crippen MR) is 70.0 cm³/mol. The highest BCUT2D eigenvalue weighted by Crippen LogP contribution is 2.18. The number of pyridine rings is 1. The Bertz CT molecular complexity index is 510. The van der Waals surface area contributed by atoms with Gasteiger partial charge < -0.3 is 10.3 Å². The zero-order valence-electron chi connectivity index (χ0n) is 10.6. The molecule has 1 fully saturated rings. The van der Waals surface area contributed by atoms with E-state index in [4.69, 9.17) is 0 Å². The molecule has 0 saturated carbocycles. The van der Waals surface area contributed by atoms with Gasteiger partial charge in [-0.05, 0) is 19.2 Å². The fourth-order valence-corrected chi connectivity index (χ4v) is 2.62. The first-order valence-corrected chi connectivity index (χ1v) is 7.71. The molecule has 18 heavy (non-hydrogen) atoms. The van der Waals surface area contributed by atoms with Gasteiger partial charge in [-0.3, -0.25) is 0 Å². The number of hydrogen-bond donors (Lipinski definition) is 1. The average molecular weight is 270 g/mol. The molecule has 1 saturated heterocycles. The van der Waals surface area contributed by atoms with Gasteiger partial charge in [0.1, 0.15) is 4.90 Å². The SMILES string of the molecule is CN1CCN(Nc2ncccc2S(C)(=O)=O)CC1. The van der Waals surface area contributed by atoms with Crippen LogP contribution in [-0.2, 0) is 9.84 Å². The van der Waals surface area contributed by atoms with Crippen molar-refractivity contribution < 1.29 is 8.42 Å². The van der Waals surface area contributed by atoms with Gasteiger partial charge in [-0.2, -0.15) is 0 Å². The van der Waals surface area contributed by atoms with Gasteiger partial charge >= 0.3 is 0 Å². The number of nitrogens with zero attached hydrogens (tertiary/aromatic N) is 3. The molecule has 1 aromatic heterocycles. The fourth-order valence-electron chi connectivity index (χ4n) is 1.84. The summed E-state index contributed by atoms with van der Waals surface area (Å²) in [6.45, 7) is 3.59. The van der Waals surface area contributed by atoms with Crippen molar-refractivity contribution in [3.05, 3.63) is 18.3 Å². The van der Waals surface area contributed by atoms with E-state index in [1.54, 1.807) is 18.3 Å². The lowest BCUT2D eigenvalue weighted by atomic mass is 10.4. The molecular formula is C11H18N4O2S. The van der Waals surface area contributed by atoms with Gasteiger partial charge in [0.05, 0.1) is 0 Å². The minimum atomic E-state index is -3.26. The third-order valence-electron chi connectivity index (χ3n) is 2.94. The van der Waals surface area contributed by atoms with Crippen LogP contribution in [0.4, 0.5) is 5.82 Å². The molecular weight excluding hydrogens is 252 g/mol. The van der Waals surface area contributed by atoms with Crippen molar-refractivity contribution in [2.45, 2.75) is 4.90 Å². The fraction of sp³-hybridized carbons (Fsp3) is 0.545. The van der Waals surface area contributed by atoms with Crippen LogP contribution in [0.2, 0.25) is 0 Å². The van der Waals surface area contributed by atoms with E-state index in [2.05, 4.69) is 22.4 Å². The van der Waals surface area contributed by atoms with Crippen LogP contribution < -0.4 is 5.43 Å². The Hall–Kier alpha value is -1.18. The topological polar surface area (TPSA) is 65.5 Å². The number of rotatable bonds is 3. The maximum Gasteiger partial charge on any atom is 0.179 e. The molecule has 0 bridgehead atoms. The molecule has 0 atom stereocenters. The van der Waals surface area contributed by atoms with Gasteiger partial charge in [-0.15, -0.1) is 0 Å². The van der Waals surface area contributed by atoms with Gasteiger partial charge in [0.2, 0.25) is 0 Å². The van der Waals surface area contributed by atoms with E-state index < -0.39 is 9.84 Å². The summed E-state index contributed by atoms with van der Waals surface area (Å²) in [5.74, 6) is 0.407. The lowest BCUT2D eigenvalue weighted by molar-refractivity contribution is 0.178. The molecule has 1 N–H and O–H groups in total. The summed E-state index contributed by atoms with van der Waals surface area (Å²) < 4.78 is 23.3. The van der Waals surface area contributed by atoms with Crippen molar-refractivity contribution in [1.82, 2.24) is 14.9 Å². The van der Waals surface area contributed by atoms with Crippen LogP contribution >= 0.6 is 0 Å². The Morgan fingerprint density at radius 2 is 1.94 bits per heavy atom. The van der Waals surface area contributed by atoms with Gasteiger partial charge in [0, 0.05) is 38.6 Å². The number of hydrazine groups is 1. The smallest absolute Gasteiger partial charge is 0.179 e. The number of aromatic nitrogens is 1. The zero-order valence-corrected chi connectivity index (χ0v) is 11.4. The van der Waals surface area contributed by atoms with E-state index in [0.717, 1.165) is 26.2 Å². The summed E-state index contributed by atoms with van der Waals surface area (Å²) in [4.78, 5) is 6.58. The predicted octanol–water partition coefficient (Wildman–Crippen LogP) is 0.0594. The van der Waals surface area contributed by atoms with E-state index in [0.29, 0.717) is 5.82 Å². The van der Waals surface area contributed by atoms with Crippen LogP contribution in [0.15, 0.2) is 23.2 Å². The molecule has 0 aromatic carbocycles. The second-order valence-electron chi connectivity index (χ2n) is 4.52. The molecule has 100 valence electrons. The molecule has 7 heteroatoms. The van der Waals surface area contributed by atoms with Crippen LogP contribution in [0, 0.1) is 0 Å². The van der Waals surface area contributed by atoms with Crippen molar-refractivity contribution in [3.63, 3.8) is 0 Å². The second-order valence-corrected chi connectivity index (χ2v) is 6.51. The number of hydrogen-bond acceptors (Lipinski definition) is 6. The normalized spacial score (nSPS) is 18.8. The number of likely N-dealkylation sites (N-methyl/N-ethyl adjacent to an activating group) is 1. The lowest BCUT2D eigenvalue weighted by Gasteiger charge is -2.32. The summed E-state index contributed by atoms with van der Waals surface area (Å²) in [5.41, 5.74) is 3.09. The third-order valence-corrected chi connectivity index (χ3v) is 4.07. The van der Waals surface area contributed by atoms with Gasteiger partial charge in [0.25, 0.3) is 0 Å². The Balaban J connectivity index is 2.15. The first-order chi connectivity index (χ1) is 8.47. The van der Waals surface area contributed by atoms with E-state index >= 15 is 0 Å². The van der Waals surface area contributed by atoms with Crippen molar-refractivity contribution >= 4 is 15.7 Å². The molecule has 0 amide bonds. The molecule has 0 aliphatic carbocycles.